The lowest BCUT2D eigenvalue weighted by molar-refractivity contribution is 0.245. The van der Waals surface area contributed by atoms with Crippen molar-refractivity contribution in [2.75, 3.05) is 12.3 Å². The highest BCUT2D eigenvalue weighted by Gasteiger charge is 2.34. The molecule has 0 spiro atoms. The van der Waals surface area contributed by atoms with E-state index < -0.39 is 0 Å². The van der Waals surface area contributed by atoms with Gasteiger partial charge < -0.3 is 20.7 Å². The largest absolute Gasteiger partial charge is 0.508 e. The zero-order valence-electron chi connectivity index (χ0n) is 14.5. The summed E-state index contributed by atoms with van der Waals surface area (Å²) >= 11 is 0. The molecular weight excluding hydrogens is 326 g/mol. The Bertz CT molecular complexity index is 950. The lowest BCUT2D eigenvalue weighted by Gasteiger charge is -2.35. The Morgan fingerprint density at radius 2 is 1.73 bits per heavy atom. The monoisotopic (exact) mass is 347 g/mol. The van der Waals surface area contributed by atoms with Gasteiger partial charge in [0.15, 0.2) is 0 Å². The molecular formula is C22H21NO3. The Morgan fingerprint density at radius 3 is 2.46 bits per heavy atom. The van der Waals surface area contributed by atoms with Crippen LogP contribution in [0.2, 0.25) is 0 Å². The van der Waals surface area contributed by atoms with E-state index in [1.807, 2.05) is 43.3 Å². The lowest BCUT2D eigenvalue weighted by Crippen LogP contribution is -2.25. The van der Waals surface area contributed by atoms with Crippen LogP contribution in [0.5, 0.6) is 17.2 Å². The molecule has 0 aromatic heterocycles. The molecule has 1 aliphatic heterocycles. The van der Waals surface area contributed by atoms with Crippen LogP contribution in [0, 0.1) is 6.92 Å². The lowest BCUT2D eigenvalue weighted by atomic mass is 9.75. The summed E-state index contributed by atoms with van der Waals surface area (Å²) in [5, 5.41) is 19.7. The van der Waals surface area contributed by atoms with Crippen molar-refractivity contribution in [1.29, 1.82) is 0 Å². The molecule has 0 fully saturated rings. The number of aromatic hydroxyl groups is 2. The molecule has 0 bridgehead atoms. The fourth-order valence-corrected chi connectivity index (χ4v) is 3.80. The molecule has 4 nitrogen and oxygen atoms in total. The fourth-order valence-electron chi connectivity index (χ4n) is 3.80. The van der Waals surface area contributed by atoms with Crippen molar-refractivity contribution in [1.82, 2.24) is 0 Å². The first kappa shape index (κ1) is 16.3. The first-order chi connectivity index (χ1) is 12.5. The van der Waals surface area contributed by atoms with Gasteiger partial charge in [0.25, 0.3) is 0 Å². The second-order valence-electron chi connectivity index (χ2n) is 6.78. The van der Waals surface area contributed by atoms with Crippen LogP contribution in [-0.4, -0.2) is 16.8 Å². The maximum absolute atomic E-state index is 10.1. The molecule has 4 rings (SSSR count). The van der Waals surface area contributed by atoms with Gasteiger partial charge in [-0.25, -0.2) is 0 Å². The van der Waals surface area contributed by atoms with E-state index in [1.165, 1.54) is 0 Å². The molecule has 1 aliphatic rings. The predicted molar refractivity (Wildman–Crippen MR) is 102 cm³/mol. The molecule has 2 atom stereocenters. The summed E-state index contributed by atoms with van der Waals surface area (Å²) in [5.74, 6) is 1.35. The van der Waals surface area contributed by atoms with Gasteiger partial charge in [-0.05, 0) is 48.4 Å². The number of phenolic OH excluding ortho intramolecular Hbond substituents is 2. The van der Waals surface area contributed by atoms with Crippen molar-refractivity contribution in [2.45, 2.75) is 18.8 Å². The van der Waals surface area contributed by atoms with Crippen molar-refractivity contribution in [3.63, 3.8) is 0 Å². The third-order valence-corrected chi connectivity index (χ3v) is 5.14. The number of nitrogen functional groups attached to an aromatic ring is 1. The topological polar surface area (TPSA) is 75.7 Å². The van der Waals surface area contributed by atoms with E-state index >= 15 is 0 Å². The minimum Gasteiger partial charge on any atom is -0.508 e. The molecule has 0 saturated carbocycles. The second-order valence-corrected chi connectivity index (χ2v) is 6.78. The number of nitrogens with two attached hydrogens (primary N) is 1. The number of benzene rings is 3. The van der Waals surface area contributed by atoms with Gasteiger partial charge in [0.05, 0.1) is 6.61 Å². The third-order valence-electron chi connectivity index (χ3n) is 5.14. The molecule has 0 aliphatic carbocycles. The molecule has 1 heterocycles. The Labute approximate surface area is 152 Å². The van der Waals surface area contributed by atoms with E-state index in [9.17, 15) is 10.2 Å². The molecule has 26 heavy (non-hydrogen) atoms. The van der Waals surface area contributed by atoms with Crippen LogP contribution in [-0.2, 0) is 0 Å². The first-order valence-corrected chi connectivity index (χ1v) is 8.64. The number of phenols is 2. The van der Waals surface area contributed by atoms with Crippen molar-refractivity contribution in [2.24, 2.45) is 0 Å². The summed E-state index contributed by atoms with van der Waals surface area (Å²) < 4.78 is 6.06. The molecule has 0 saturated heterocycles. The summed E-state index contributed by atoms with van der Waals surface area (Å²) in [5.41, 5.74) is 10.7. The maximum atomic E-state index is 10.1. The highest BCUT2D eigenvalue weighted by molar-refractivity contribution is 5.56. The van der Waals surface area contributed by atoms with E-state index in [-0.39, 0.29) is 23.3 Å². The minimum atomic E-state index is 0.0473. The van der Waals surface area contributed by atoms with Gasteiger partial charge in [-0.15, -0.1) is 0 Å². The standard InChI is InChI=1S/C22H21NO3/c1-13-20(25)10-9-18-21(15-3-2-4-16(23)11-15)19(12-26-22(13)18)14-5-7-17(24)8-6-14/h2-11,19,21,24-25H,12,23H2,1H3. The van der Waals surface area contributed by atoms with E-state index in [1.54, 1.807) is 18.2 Å². The van der Waals surface area contributed by atoms with Crippen LogP contribution >= 0.6 is 0 Å². The van der Waals surface area contributed by atoms with Crippen LogP contribution < -0.4 is 10.5 Å². The number of fused-ring (bicyclic) bond motifs is 1. The molecule has 3 aromatic carbocycles. The van der Waals surface area contributed by atoms with Crippen LogP contribution in [0.1, 0.15) is 34.1 Å². The fraction of sp³-hybridized carbons (Fsp3) is 0.182. The normalized spacial score (nSPS) is 18.8. The van der Waals surface area contributed by atoms with Gasteiger partial charge in [0.2, 0.25) is 0 Å². The Hall–Kier alpha value is -3.14. The number of anilines is 1. The molecule has 3 aromatic rings. The molecule has 4 N–H and O–H groups in total. The SMILES string of the molecule is Cc1c(O)ccc2c1OCC(c1ccc(O)cc1)C2c1cccc(N)c1. The van der Waals surface area contributed by atoms with Crippen LogP contribution in [0.15, 0.2) is 60.7 Å². The molecule has 0 radical (unpaired) electrons. The number of hydrogen-bond acceptors (Lipinski definition) is 4. The second kappa shape index (κ2) is 6.30. The number of ether oxygens (including phenoxy) is 1. The summed E-state index contributed by atoms with van der Waals surface area (Å²) in [7, 11) is 0. The summed E-state index contributed by atoms with van der Waals surface area (Å²) in [4.78, 5) is 0. The molecule has 4 heteroatoms. The number of hydrogen-bond donors (Lipinski definition) is 3. The summed E-state index contributed by atoms with van der Waals surface area (Å²) in [6.45, 7) is 2.35. The van der Waals surface area contributed by atoms with Crippen molar-refractivity contribution in [3.05, 3.63) is 82.9 Å². The predicted octanol–water partition coefficient (Wildman–Crippen LogP) is 4.30. The van der Waals surface area contributed by atoms with Gasteiger partial charge in [0.1, 0.15) is 17.2 Å². The Kier molecular flexibility index (Phi) is 3.96. The van der Waals surface area contributed by atoms with Gasteiger partial charge in [-0.3, -0.25) is 0 Å². The van der Waals surface area contributed by atoms with E-state index in [0.29, 0.717) is 6.61 Å². The summed E-state index contributed by atoms with van der Waals surface area (Å²) in [6, 6.07) is 18.8. The van der Waals surface area contributed by atoms with Gasteiger partial charge in [-0.2, -0.15) is 0 Å². The third kappa shape index (κ3) is 2.73. The van der Waals surface area contributed by atoms with Gasteiger partial charge in [-0.1, -0.05) is 30.3 Å². The summed E-state index contributed by atoms with van der Waals surface area (Å²) in [6.07, 6.45) is 0. The average molecular weight is 347 g/mol. The molecule has 2 unspecified atom stereocenters. The van der Waals surface area contributed by atoms with Crippen molar-refractivity contribution in [3.8, 4) is 17.2 Å². The molecule has 132 valence electrons. The average Bonchev–Trinajstić information content (AvgIpc) is 2.64. The zero-order chi connectivity index (χ0) is 18.3. The Morgan fingerprint density at radius 1 is 0.962 bits per heavy atom. The van der Waals surface area contributed by atoms with Gasteiger partial charge in [0, 0.05) is 28.7 Å². The highest BCUT2D eigenvalue weighted by atomic mass is 16.5. The van der Waals surface area contributed by atoms with Crippen LogP contribution in [0.25, 0.3) is 0 Å². The van der Waals surface area contributed by atoms with Crippen molar-refractivity contribution < 1.29 is 14.9 Å². The van der Waals surface area contributed by atoms with Crippen LogP contribution in [0.3, 0.4) is 0 Å². The maximum Gasteiger partial charge on any atom is 0.129 e. The number of rotatable bonds is 2. The first-order valence-electron chi connectivity index (χ1n) is 8.64. The highest BCUT2D eigenvalue weighted by Crippen LogP contribution is 2.48. The minimum absolute atomic E-state index is 0.0473. The van der Waals surface area contributed by atoms with Crippen molar-refractivity contribution >= 4 is 5.69 Å². The zero-order valence-corrected chi connectivity index (χ0v) is 14.5. The smallest absolute Gasteiger partial charge is 0.129 e. The van der Waals surface area contributed by atoms with E-state index in [0.717, 1.165) is 33.7 Å². The Balaban J connectivity index is 1.89. The molecule has 0 amide bonds. The quantitative estimate of drug-likeness (QED) is 0.604. The van der Waals surface area contributed by atoms with E-state index in [2.05, 4.69) is 6.07 Å². The van der Waals surface area contributed by atoms with Gasteiger partial charge >= 0.3 is 0 Å². The van der Waals surface area contributed by atoms with Crippen LogP contribution in [0.4, 0.5) is 5.69 Å². The van der Waals surface area contributed by atoms with E-state index in [4.69, 9.17) is 10.5 Å².